The molecule has 0 aliphatic rings. The maximum Gasteiger partial charge on any atom is 0.274 e. The van der Waals surface area contributed by atoms with Gasteiger partial charge in [0.15, 0.2) is 0 Å². The summed E-state index contributed by atoms with van der Waals surface area (Å²) in [6.07, 6.45) is 1.51. The van der Waals surface area contributed by atoms with E-state index in [9.17, 15) is 4.79 Å². The fourth-order valence-corrected chi connectivity index (χ4v) is 2.68. The Labute approximate surface area is 155 Å². The molecule has 1 heterocycles. The van der Waals surface area contributed by atoms with Crippen molar-refractivity contribution in [1.29, 1.82) is 0 Å². The van der Waals surface area contributed by atoms with Crippen LogP contribution in [0.25, 0.3) is 0 Å². The molecular formula is C18H14Cl2N4O. The Morgan fingerprint density at radius 1 is 1.04 bits per heavy atom. The molecule has 0 radical (unpaired) electrons. The molecule has 0 spiro atoms. The molecule has 1 aromatic heterocycles. The first-order valence-electron chi connectivity index (χ1n) is 7.45. The molecule has 0 aliphatic carbocycles. The number of rotatable bonds is 4. The van der Waals surface area contributed by atoms with E-state index in [4.69, 9.17) is 23.2 Å². The zero-order valence-electron chi connectivity index (χ0n) is 13.3. The second kappa shape index (κ2) is 7.51. The lowest BCUT2D eigenvalue weighted by molar-refractivity contribution is 0.102. The molecule has 7 heteroatoms. The van der Waals surface area contributed by atoms with Crippen LogP contribution in [0.1, 0.15) is 16.1 Å². The van der Waals surface area contributed by atoms with Gasteiger partial charge in [0.1, 0.15) is 5.69 Å². The largest absolute Gasteiger partial charge is 0.324 e. The zero-order valence-corrected chi connectivity index (χ0v) is 14.8. The summed E-state index contributed by atoms with van der Waals surface area (Å²) < 4.78 is 0. The number of hydrogen-bond donors (Lipinski definition) is 2. The van der Waals surface area contributed by atoms with Gasteiger partial charge in [0.2, 0.25) is 5.95 Å². The van der Waals surface area contributed by atoms with Crippen LogP contribution < -0.4 is 10.6 Å². The highest BCUT2D eigenvalue weighted by atomic mass is 35.5. The normalized spacial score (nSPS) is 10.4. The van der Waals surface area contributed by atoms with E-state index in [2.05, 4.69) is 20.6 Å². The lowest BCUT2D eigenvalue weighted by Gasteiger charge is -2.10. The molecule has 126 valence electrons. The third kappa shape index (κ3) is 4.26. The predicted molar refractivity (Wildman–Crippen MR) is 101 cm³/mol. The third-order valence-electron chi connectivity index (χ3n) is 3.36. The Balaban J connectivity index is 1.80. The number of carbonyl (C=O) groups excluding carboxylic acids is 1. The second-order valence-corrected chi connectivity index (χ2v) is 6.13. The van der Waals surface area contributed by atoms with Crippen LogP contribution in [-0.2, 0) is 0 Å². The van der Waals surface area contributed by atoms with E-state index in [1.54, 1.807) is 18.2 Å². The third-order valence-corrected chi connectivity index (χ3v) is 3.99. The van der Waals surface area contributed by atoms with Gasteiger partial charge in [0, 0.05) is 11.9 Å². The number of para-hydroxylation sites is 1. The summed E-state index contributed by atoms with van der Waals surface area (Å²) in [6.45, 7) is 1.99. The van der Waals surface area contributed by atoms with Crippen molar-refractivity contribution >= 4 is 46.4 Å². The van der Waals surface area contributed by atoms with Gasteiger partial charge in [-0.3, -0.25) is 4.79 Å². The number of nitrogens with one attached hydrogen (secondary N) is 2. The minimum atomic E-state index is -0.426. The van der Waals surface area contributed by atoms with Crippen LogP contribution in [0.3, 0.4) is 0 Å². The number of carbonyl (C=O) groups is 1. The van der Waals surface area contributed by atoms with Gasteiger partial charge in [0.25, 0.3) is 5.91 Å². The molecule has 0 aliphatic heterocycles. The first-order chi connectivity index (χ1) is 12.0. The van der Waals surface area contributed by atoms with E-state index in [0.717, 1.165) is 11.3 Å². The average Bonchev–Trinajstić information content (AvgIpc) is 2.58. The van der Waals surface area contributed by atoms with Gasteiger partial charge in [-0.25, -0.2) is 9.97 Å². The van der Waals surface area contributed by atoms with Gasteiger partial charge >= 0.3 is 0 Å². The molecule has 3 aromatic rings. The highest BCUT2D eigenvalue weighted by molar-refractivity contribution is 6.40. The molecule has 0 bridgehead atoms. The first kappa shape index (κ1) is 17.2. The molecule has 0 atom stereocenters. The summed E-state index contributed by atoms with van der Waals surface area (Å²) in [5.41, 5.74) is 2.49. The number of halogens is 2. The van der Waals surface area contributed by atoms with Gasteiger partial charge in [0.05, 0.1) is 15.7 Å². The summed E-state index contributed by atoms with van der Waals surface area (Å²) in [4.78, 5) is 20.8. The van der Waals surface area contributed by atoms with Crippen molar-refractivity contribution in [3.05, 3.63) is 76.0 Å². The molecule has 5 nitrogen and oxygen atoms in total. The molecule has 0 saturated heterocycles. The van der Waals surface area contributed by atoms with Crippen molar-refractivity contribution in [1.82, 2.24) is 9.97 Å². The Morgan fingerprint density at radius 3 is 2.48 bits per heavy atom. The number of benzene rings is 2. The Kier molecular flexibility index (Phi) is 5.16. The van der Waals surface area contributed by atoms with E-state index in [1.165, 1.54) is 12.3 Å². The Hall–Kier alpha value is -2.63. The second-order valence-electron chi connectivity index (χ2n) is 5.31. The molecular weight excluding hydrogens is 359 g/mol. The summed E-state index contributed by atoms with van der Waals surface area (Å²) in [5, 5.41) is 6.46. The maximum atomic E-state index is 12.4. The van der Waals surface area contributed by atoms with Crippen molar-refractivity contribution in [3.63, 3.8) is 0 Å². The summed E-state index contributed by atoms with van der Waals surface area (Å²) in [6, 6.07) is 14.3. The quantitative estimate of drug-likeness (QED) is 0.669. The number of amides is 1. The van der Waals surface area contributed by atoms with E-state index in [0.29, 0.717) is 21.7 Å². The van der Waals surface area contributed by atoms with E-state index >= 15 is 0 Å². The Bertz CT molecular complexity index is 910. The fourth-order valence-electron chi connectivity index (χ4n) is 2.19. The average molecular weight is 373 g/mol. The first-order valence-corrected chi connectivity index (χ1v) is 8.20. The minimum Gasteiger partial charge on any atom is -0.324 e. The van der Waals surface area contributed by atoms with Crippen LogP contribution in [0.15, 0.2) is 54.7 Å². The van der Waals surface area contributed by atoms with Crippen LogP contribution in [-0.4, -0.2) is 15.9 Å². The van der Waals surface area contributed by atoms with Crippen LogP contribution in [0, 0.1) is 6.92 Å². The number of aryl methyl sites for hydroxylation is 1. The van der Waals surface area contributed by atoms with Gasteiger partial charge < -0.3 is 10.6 Å². The highest BCUT2D eigenvalue weighted by Crippen LogP contribution is 2.30. The lowest BCUT2D eigenvalue weighted by atomic mass is 10.2. The molecule has 25 heavy (non-hydrogen) atoms. The van der Waals surface area contributed by atoms with Gasteiger partial charge in [-0.15, -0.1) is 0 Å². The van der Waals surface area contributed by atoms with Crippen molar-refractivity contribution in [2.75, 3.05) is 10.6 Å². The monoisotopic (exact) mass is 372 g/mol. The topological polar surface area (TPSA) is 66.9 Å². The molecule has 2 aromatic carbocycles. The van der Waals surface area contributed by atoms with Gasteiger partial charge in [-0.2, -0.15) is 0 Å². The summed E-state index contributed by atoms with van der Waals surface area (Å²) in [5.74, 6) is -0.104. The van der Waals surface area contributed by atoms with Crippen molar-refractivity contribution in [2.45, 2.75) is 6.92 Å². The van der Waals surface area contributed by atoms with E-state index in [-0.39, 0.29) is 5.69 Å². The minimum absolute atomic E-state index is 0.195. The fraction of sp³-hybridized carbons (Fsp3) is 0.0556. The smallest absolute Gasteiger partial charge is 0.274 e. The molecule has 2 N–H and O–H groups in total. The van der Waals surface area contributed by atoms with Crippen LogP contribution in [0.2, 0.25) is 10.0 Å². The Morgan fingerprint density at radius 2 is 1.76 bits per heavy atom. The van der Waals surface area contributed by atoms with Gasteiger partial charge in [-0.1, -0.05) is 41.4 Å². The van der Waals surface area contributed by atoms with Crippen LogP contribution in [0.4, 0.5) is 17.3 Å². The molecule has 1 amide bonds. The van der Waals surface area contributed by atoms with Gasteiger partial charge in [-0.05, 0) is 42.8 Å². The van der Waals surface area contributed by atoms with Crippen LogP contribution >= 0.6 is 23.2 Å². The zero-order chi connectivity index (χ0) is 17.8. The highest BCUT2D eigenvalue weighted by Gasteiger charge is 2.13. The van der Waals surface area contributed by atoms with Crippen molar-refractivity contribution < 1.29 is 4.79 Å². The molecule has 3 rings (SSSR count). The van der Waals surface area contributed by atoms with Crippen LogP contribution in [0.5, 0.6) is 0 Å². The summed E-state index contributed by atoms with van der Waals surface area (Å²) >= 11 is 12.1. The molecule has 0 fully saturated rings. The van der Waals surface area contributed by atoms with Crippen molar-refractivity contribution in [3.8, 4) is 0 Å². The SMILES string of the molecule is Cc1cccc(Nc2nccc(C(=O)Nc3c(Cl)cccc3Cl)n2)c1. The predicted octanol–water partition coefficient (Wildman–Crippen LogP) is 5.09. The maximum absolute atomic E-state index is 12.4. The summed E-state index contributed by atoms with van der Waals surface area (Å²) in [7, 11) is 0. The van der Waals surface area contributed by atoms with E-state index < -0.39 is 5.91 Å². The molecule has 0 saturated carbocycles. The molecule has 0 unspecified atom stereocenters. The van der Waals surface area contributed by atoms with Crippen molar-refractivity contribution in [2.24, 2.45) is 0 Å². The number of nitrogens with zero attached hydrogens (tertiary/aromatic N) is 2. The standard InChI is InChI=1S/C18H14Cl2N4O/c1-11-4-2-5-12(10-11)22-18-21-9-8-15(23-18)17(25)24-16-13(19)6-3-7-14(16)20/h2-10H,1H3,(H,24,25)(H,21,22,23). The lowest BCUT2D eigenvalue weighted by Crippen LogP contribution is -2.15. The number of aromatic nitrogens is 2. The number of anilines is 3. The van der Waals surface area contributed by atoms with E-state index in [1.807, 2.05) is 31.2 Å². The number of hydrogen-bond acceptors (Lipinski definition) is 4.